The summed E-state index contributed by atoms with van der Waals surface area (Å²) in [5.41, 5.74) is 2.29. The fourth-order valence-electron chi connectivity index (χ4n) is 1.94. The lowest BCUT2D eigenvalue weighted by Gasteiger charge is -1.94. The van der Waals surface area contributed by atoms with Crippen LogP contribution in [0.4, 0.5) is 0 Å². The molecule has 4 nitrogen and oxygen atoms in total. The molecule has 0 amide bonds. The van der Waals surface area contributed by atoms with E-state index in [1.165, 1.54) is 22.7 Å². The first-order valence-electron chi connectivity index (χ1n) is 5.98. The van der Waals surface area contributed by atoms with Crippen molar-refractivity contribution >= 4 is 22.7 Å². The first kappa shape index (κ1) is 12.0. The first-order valence-corrected chi connectivity index (χ1v) is 6.96. The Kier molecular flexibility index (Phi) is 3.37. The van der Waals surface area contributed by atoms with Gasteiger partial charge >= 0.3 is 0 Å². The third-order valence-corrected chi connectivity index (χ3v) is 3.60. The van der Waals surface area contributed by atoms with Crippen molar-refractivity contribution in [2.75, 3.05) is 5.75 Å². The van der Waals surface area contributed by atoms with E-state index in [1.807, 2.05) is 24.4 Å². The molecule has 3 rings (SSSR count). The number of nitrogens with one attached hydrogen (secondary N) is 1. The molecule has 5 heteroatoms. The van der Waals surface area contributed by atoms with Crippen molar-refractivity contribution in [3.8, 4) is 0 Å². The van der Waals surface area contributed by atoms with Crippen molar-refractivity contribution in [2.24, 2.45) is 0 Å². The van der Waals surface area contributed by atoms with E-state index in [4.69, 9.17) is 4.42 Å². The Bertz CT molecular complexity index is 701. The topological polar surface area (TPSA) is 54.7 Å². The molecule has 0 spiro atoms. The molecule has 0 fully saturated rings. The number of aromatic amines is 1. The molecular weight excluding hydrogens is 258 g/mol. The number of nitrogens with zero attached hydrogens (tertiary/aromatic N) is 2. The highest BCUT2D eigenvalue weighted by Crippen LogP contribution is 2.22. The first-order chi connectivity index (χ1) is 9.36. The summed E-state index contributed by atoms with van der Waals surface area (Å²) in [7, 11) is 0. The van der Waals surface area contributed by atoms with Crippen LogP contribution in [0.15, 0.2) is 52.8 Å². The molecule has 2 heterocycles. The normalized spacial score (nSPS) is 10.9. The highest BCUT2D eigenvalue weighted by Gasteiger charge is 2.10. The highest BCUT2D eigenvalue weighted by atomic mass is 32.2. The number of aromatic nitrogens is 3. The van der Waals surface area contributed by atoms with E-state index in [1.54, 1.807) is 0 Å². The maximum Gasteiger partial charge on any atom is 0.276 e. The molecule has 0 atom stereocenters. The lowest BCUT2D eigenvalue weighted by molar-refractivity contribution is 0.421. The molecule has 0 saturated carbocycles. The van der Waals surface area contributed by atoms with Gasteiger partial charge in [-0.2, -0.15) is 0 Å². The number of fused-ring (bicyclic) bond motifs is 1. The van der Waals surface area contributed by atoms with E-state index in [0.29, 0.717) is 17.5 Å². The Labute approximate surface area is 114 Å². The van der Waals surface area contributed by atoms with Gasteiger partial charge in [-0.1, -0.05) is 36.0 Å². The van der Waals surface area contributed by atoms with E-state index >= 15 is 0 Å². The molecule has 19 heavy (non-hydrogen) atoms. The third-order valence-electron chi connectivity index (χ3n) is 2.79. The van der Waals surface area contributed by atoms with Crippen molar-refractivity contribution in [1.82, 2.24) is 15.2 Å². The summed E-state index contributed by atoms with van der Waals surface area (Å²) in [5.74, 6) is 1.41. The number of para-hydroxylation sites is 1. The van der Waals surface area contributed by atoms with Crippen LogP contribution in [0.2, 0.25) is 0 Å². The zero-order valence-corrected chi connectivity index (χ0v) is 11.1. The zero-order valence-electron chi connectivity index (χ0n) is 10.3. The van der Waals surface area contributed by atoms with Crippen molar-refractivity contribution in [3.63, 3.8) is 0 Å². The molecule has 2 aromatic heterocycles. The molecule has 0 unspecified atom stereocenters. The molecule has 0 aliphatic rings. The smallest absolute Gasteiger partial charge is 0.276 e. The van der Waals surface area contributed by atoms with Crippen molar-refractivity contribution in [1.29, 1.82) is 0 Å². The molecule has 0 aliphatic carbocycles. The van der Waals surface area contributed by atoms with Crippen LogP contribution in [-0.2, 0) is 6.42 Å². The summed E-state index contributed by atoms with van der Waals surface area (Å²) in [6.45, 7) is 3.66. The second-order valence-electron chi connectivity index (χ2n) is 4.10. The molecule has 0 radical (unpaired) electrons. The summed E-state index contributed by atoms with van der Waals surface area (Å²) >= 11 is 1.49. The Morgan fingerprint density at radius 2 is 2.21 bits per heavy atom. The van der Waals surface area contributed by atoms with Crippen molar-refractivity contribution in [2.45, 2.75) is 11.6 Å². The van der Waals surface area contributed by atoms with Crippen LogP contribution < -0.4 is 0 Å². The predicted molar refractivity (Wildman–Crippen MR) is 76.3 cm³/mol. The van der Waals surface area contributed by atoms with E-state index in [9.17, 15) is 0 Å². The van der Waals surface area contributed by atoms with Gasteiger partial charge in [-0.25, -0.2) is 0 Å². The van der Waals surface area contributed by atoms with Gasteiger partial charge in [-0.15, -0.1) is 16.8 Å². The molecule has 1 N–H and O–H groups in total. The number of hydrogen-bond donors (Lipinski definition) is 1. The summed E-state index contributed by atoms with van der Waals surface area (Å²) < 4.78 is 5.59. The zero-order chi connectivity index (χ0) is 13.1. The second-order valence-corrected chi connectivity index (χ2v) is 5.07. The van der Waals surface area contributed by atoms with Gasteiger partial charge in [0.25, 0.3) is 5.22 Å². The summed E-state index contributed by atoms with van der Waals surface area (Å²) in [6, 6.07) is 8.18. The molecule has 0 aliphatic heterocycles. The van der Waals surface area contributed by atoms with Gasteiger partial charge in [-0.3, -0.25) is 0 Å². The molecule has 96 valence electrons. The lowest BCUT2D eigenvalue weighted by atomic mass is 10.1. The van der Waals surface area contributed by atoms with Crippen LogP contribution in [-0.4, -0.2) is 20.9 Å². The Balaban J connectivity index is 1.81. The van der Waals surface area contributed by atoms with Crippen LogP contribution in [0.5, 0.6) is 0 Å². The van der Waals surface area contributed by atoms with E-state index in [2.05, 4.69) is 33.9 Å². The minimum absolute atomic E-state index is 0.592. The maximum atomic E-state index is 5.59. The summed E-state index contributed by atoms with van der Waals surface area (Å²) in [4.78, 5) is 3.24. The summed E-state index contributed by atoms with van der Waals surface area (Å²) in [5, 5.41) is 9.86. The average molecular weight is 271 g/mol. The van der Waals surface area contributed by atoms with Crippen LogP contribution in [0.25, 0.3) is 10.9 Å². The molecule has 3 aromatic rings. The van der Waals surface area contributed by atoms with Gasteiger partial charge in [0.1, 0.15) is 0 Å². The fourth-order valence-corrected chi connectivity index (χ4v) is 2.45. The number of thioether (sulfide) groups is 1. The number of H-pyrrole nitrogens is 1. The van der Waals surface area contributed by atoms with Crippen LogP contribution in [0.1, 0.15) is 11.5 Å². The molecule has 1 aromatic carbocycles. The summed E-state index contributed by atoms with van der Waals surface area (Å²) in [6.07, 6.45) is 4.45. The molecular formula is C14H13N3OS. The van der Waals surface area contributed by atoms with Gasteiger partial charge in [0, 0.05) is 22.9 Å². The van der Waals surface area contributed by atoms with Gasteiger partial charge in [0.05, 0.1) is 6.42 Å². The van der Waals surface area contributed by atoms with Crippen LogP contribution in [0.3, 0.4) is 0 Å². The van der Waals surface area contributed by atoms with E-state index in [0.717, 1.165) is 11.3 Å². The number of benzene rings is 1. The largest absolute Gasteiger partial charge is 0.416 e. The lowest BCUT2D eigenvalue weighted by Crippen LogP contribution is -1.86. The minimum atomic E-state index is 0.592. The number of rotatable bonds is 5. The molecule has 0 saturated heterocycles. The quantitative estimate of drug-likeness (QED) is 0.570. The van der Waals surface area contributed by atoms with E-state index < -0.39 is 0 Å². The standard InChI is InChI=1S/C14H13N3OS/c1-2-7-19-14-17-16-13(18-14)8-10-9-15-12-6-4-3-5-11(10)12/h2-6,9,15H,1,7-8H2. The van der Waals surface area contributed by atoms with E-state index in [-0.39, 0.29) is 0 Å². The highest BCUT2D eigenvalue weighted by molar-refractivity contribution is 7.99. The Morgan fingerprint density at radius 3 is 3.11 bits per heavy atom. The fraction of sp³-hybridized carbons (Fsp3) is 0.143. The Morgan fingerprint density at radius 1 is 1.32 bits per heavy atom. The SMILES string of the molecule is C=CCSc1nnc(Cc2c[nH]c3ccccc23)o1. The van der Waals surface area contributed by atoms with Gasteiger partial charge in [0.15, 0.2) is 0 Å². The van der Waals surface area contributed by atoms with Gasteiger partial charge in [0.2, 0.25) is 5.89 Å². The third kappa shape index (κ3) is 2.56. The van der Waals surface area contributed by atoms with Gasteiger partial charge in [-0.05, 0) is 11.6 Å². The Hall–Kier alpha value is -2.01. The maximum absolute atomic E-state index is 5.59. The number of hydrogen-bond acceptors (Lipinski definition) is 4. The molecule has 0 bridgehead atoms. The van der Waals surface area contributed by atoms with Crippen molar-refractivity contribution in [3.05, 3.63) is 54.6 Å². The minimum Gasteiger partial charge on any atom is -0.416 e. The monoisotopic (exact) mass is 271 g/mol. The van der Waals surface area contributed by atoms with Gasteiger partial charge < -0.3 is 9.40 Å². The average Bonchev–Trinajstić information content (AvgIpc) is 3.05. The predicted octanol–water partition coefficient (Wildman–Crippen LogP) is 3.42. The van der Waals surface area contributed by atoms with Crippen LogP contribution in [0, 0.1) is 0 Å². The van der Waals surface area contributed by atoms with Crippen LogP contribution >= 0.6 is 11.8 Å². The van der Waals surface area contributed by atoms with Crippen molar-refractivity contribution < 1.29 is 4.42 Å². The second kappa shape index (κ2) is 5.32.